The van der Waals surface area contributed by atoms with Crippen LogP contribution in [0.4, 0.5) is 0 Å². The summed E-state index contributed by atoms with van der Waals surface area (Å²) in [5, 5.41) is 12.3. The molecular formula is C20H12N2O. The lowest BCUT2D eigenvalue weighted by Gasteiger charge is -2.09. The third kappa shape index (κ3) is 2.37. The maximum absolute atomic E-state index is 9.36. The molecule has 4 rings (SSSR count). The van der Waals surface area contributed by atoms with E-state index in [1.807, 2.05) is 66.7 Å². The summed E-state index contributed by atoms with van der Waals surface area (Å²) < 4.78 is 5.98. The smallest absolute Gasteiger partial charge is 0.221 e. The Morgan fingerprint density at radius 2 is 1.57 bits per heavy atom. The van der Waals surface area contributed by atoms with Gasteiger partial charge in [-0.15, -0.1) is 0 Å². The molecule has 0 radical (unpaired) electrons. The van der Waals surface area contributed by atoms with Crippen molar-refractivity contribution in [2.45, 2.75) is 0 Å². The molecule has 4 aromatic rings. The average molecular weight is 296 g/mol. The minimum atomic E-state index is 0.427. The van der Waals surface area contributed by atoms with Crippen LogP contribution in [0.3, 0.4) is 0 Å². The number of pyridine rings is 1. The number of ether oxygens (including phenoxy) is 1. The Kier molecular flexibility index (Phi) is 3.14. The monoisotopic (exact) mass is 296 g/mol. The molecule has 0 aliphatic carbocycles. The first kappa shape index (κ1) is 13.3. The Bertz CT molecular complexity index is 1060. The number of benzene rings is 3. The number of fused-ring (bicyclic) bond motifs is 2. The molecule has 0 bridgehead atoms. The topological polar surface area (TPSA) is 45.9 Å². The maximum atomic E-state index is 9.36. The summed E-state index contributed by atoms with van der Waals surface area (Å²) in [5.41, 5.74) is 1.31. The van der Waals surface area contributed by atoms with E-state index in [0.717, 1.165) is 27.4 Å². The van der Waals surface area contributed by atoms with Crippen molar-refractivity contribution in [3.63, 3.8) is 0 Å². The predicted molar refractivity (Wildman–Crippen MR) is 90.5 cm³/mol. The van der Waals surface area contributed by atoms with Gasteiger partial charge >= 0.3 is 0 Å². The number of hydrogen-bond donors (Lipinski definition) is 0. The van der Waals surface area contributed by atoms with Crippen molar-refractivity contribution in [2.75, 3.05) is 0 Å². The summed E-state index contributed by atoms with van der Waals surface area (Å²) >= 11 is 0. The normalized spacial score (nSPS) is 10.6. The van der Waals surface area contributed by atoms with E-state index in [4.69, 9.17) is 4.74 Å². The number of nitriles is 1. The van der Waals surface area contributed by atoms with Crippen LogP contribution in [-0.4, -0.2) is 4.98 Å². The molecule has 1 aromatic heterocycles. The Morgan fingerprint density at radius 1 is 0.826 bits per heavy atom. The molecule has 108 valence electrons. The number of para-hydroxylation sites is 1. The molecule has 0 spiro atoms. The fourth-order valence-electron chi connectivity index (χ4n) is 2.69. The first-order valence-electron chi connectivity index (χ1n) is 7.31. The van der Waals surface area contributed by atoms with Crippen molar-refractivity contribution >= 4 is 21.7 Å². The highest BCUT2D eigenvalue weighted by molar-refractivity contribution is 5.89. The first-order chi connectivity index (χ1) is 11.3. The second kappa shape index (κ2) is 5.43. The second-order valence-electron chi connectivity index (χ2n) is 5.22. The summed E-state index contributed by atoms with van der Waals surface area (Å²) in [7, 11) is 0. The van der Waals surface area contributed by atoms with Gasteiger partial charge in [0.15, 0.2) is 0 Å². The van der Waals surface area contributed by atoms with Gasteiger partial charge < -0.3 is 4.74 Å². The van der Waals surface area contributed by atoms with Gasteiger partial charge in [0.25, 0.3) is 0 Å². The largest absolute Gasteiger partial charge is 0.438 e. The Hall–Kier alpha value is -3.38. The third-order valence-corrected chi connectivity index (χ3v) is 3.78. The van der Waals surface area contributed by atoms with Crippen LogP contribution in [0.25, 0.3) is 21.7 Å². The van der Waals surface area contributed by atoms with Crippen LogP contribution in [0, 0.1) is 11.3 Å². The summed E-state index contributed by atoms with van der Waals surface area (Å²) in [5.74, 6) is 1.16. The molecule has 0 fully saturated rings. The molecule has 3 heteroatoms. The van der Waals surface area contributed by atoms with Crippen LogP contribution in [-0.2, 0) is 0 Å². The van der Waals surface area contributed by atoms with Gasteiger partial charge in [-0.25, -0.2) is 4.98 Å². The predicted octanol–water partition coefficient (Wildman–Crippen LogP) is 5.05. The van der Waals surface area contributed by atoms with Gasteiger partial charge in [-0.05, 0) is 17.5 Å². The SMILES string of the molecule is N#Cc1cc(Oc2cccc3ccccc23)nc2ccccc12. The molecule has 3 nitrogen and oxygen atoms in total. The molecule has 0 atom stereocenters. The van der Waals surface area contributed by atoms with Gasteiger partial charge in [-0.3, -0.25) is 0 Å². The lowest BCUT2D eigenvalue weighted by molar-refractivity contribution is 0.470. The van der Waals surface area contributed by atoms with Crippen molar-refractivity contribution in [3.05, 3.63) is 78.4 Å². The van der Waals surface area contributed by atoms with Gasteiger partial charge in [-0.1, -0.05) is 54.6 Å². The number of rotatable bonds is 2. The molecule has 0 unspecified atom stereocenters. The summed E-state index contributed by atoms with van der Waals surface area (Å²) in [4.78, 5) is 4.51. The number of nitrogens with zero attached hydrogens (tertiary/aromatic N) is 2. The maximum Gasteiger partial charge on any atom is 0.221 e. The highest BCUT2D eigenvalue weighted by Gasteiger charge is 2.08. The third-order valence-electron chi connectivity index (χ3n) is 3.78. The highest BCUT2D eigenvalue weighted by atomic mass is 16.5. The van der Waals surface area contributed by atoms with E-state index in [9.17, 15) is 5.26 Å². The zero-order valence-corrected chi connectivity index (χ0v) is 12.2. The van der Waals surface area contributed by atoms with E-state index in [1.165, 1.54) is 0 Å². The van der Waals surface area contributed by atoms with Crippen LogP contribution < -0.4 is 4.74 Å². The van der Waals surface area contributed by atoms with E-state index in [2.05, 4.69) is 11.1 Å². The summed E-state index contributed by atoms with van der Waals surface area (Å²) in [6, 6.07) is 25.4. The van der Waals surface area contributed by atoms with Crippen molar-refractivity contribution < 1.29 is 4.74 Å². The number of hydrogen-bond acceptors (Lipinski definition) is 3. The Labute approximate surface area is 133 Å². The van der Waals surface area contributed by atoms with Crippen LogP contribution in [0.1, 0.15) is 5.56 Å². The number of aromatic nitrogens is 1. The molecule has 0 saturated heterocycles. The van der Waals surface area contributed by atoms with E-state index in [0.29, 0.717) is 11.4 Å². The first-order valence-corrected chi connectivity index (χ1v) is 7.31. The van der Waals surface area contributed by atoms with Crippen molar-refractivity contribution in [1.29, 1.82) is 5.26 Å². The lowest BCUT2D eigenvalue weighted by atomic mass is 10.1. The minimum absolute atomic E-state index is 0.427. The van der Waals surface area contributed by atoms with Gasteiger partial charge in [0.1, 0.15) is 11.8 Å². The van der Waals surface area contributed by atoms with Gasteiger partial charge in [0.05, 0.1) is 11.1 Å². The Balaban J connectivity index is 1.85. The lowest BCUT2D eigenvalue weighted by Crippen LogP contribution is -1.92. The van der Waals surface area contributed by atoms with Crippen molar-refractivity contribution in [1.82, 2.24) is 4.98 Å². The minimum Gasteiger partial charge on any atom is -0.438 e. The molecule has 0 saturated carbocycles. The van der Waals surface area contributed by atoms with Crippen molar-refractivity contribution in [2.24, 2.45) is 0 Å². The highest BCUT2D eigenvalue weighted by Crippen LogP contribution is 2.30. The van der Waals surface area contributed by atoms with Crippen LogP contribution in [0.15, 0.2) is 72.8 Å². The Morgan fingerprint density at radius 3 is 2.43 bits per heavy atom. The molecule has 0 amide bonds. The van der Waals surface area contributed by atoms with E-state index in [-0.39, 0.29) is 0 Å². The standard InChI is InChI=1S/C20H12N2O/c21-13-15-12-20(22-18-10-4-3-8-16(15)18)23-19-11-5-7-14-6-1-2-9-17(14)19/h1-12H. The zero-order valence-electron chi connectivity index (χ0n) is 12.2. The summed E-state index contributed by atoms with van der Waals surface area (Å²) in [6.45, 7) is 0. The fraction of sp³-hybridized carbons (Fsp3) is 0. The zero-order chi connectivity index (χ0) is 15.6. The fourth-order valence-corrected chi connectivity index (χ4v) is 2.69. The van der Waals surface area contributed by atoms with Crippen LogP contribution >= 0.6 is 0 Å². The molecule has 0 aliphatic heterocycles. The second-order valence-corrected chi connectivity index (χ2v) is 5.22. The van der Waals surface area contributed by atoms with Crippen LogP contribution in [0.5, 0.6) is 11.6 Å². The molecular weight excluding hydrogens is 284 g/mol. The van der Waals surface area contributed by atoms with E-state index >= 15 is 0 Å². The van der Waals surface area contributed by atoms with E-state index < -0.39 is 0 Å². The van der Waals surface area contributed by atoms with Gasteiger partial charge in [0, 0.05) is 16.8 Å². The quantitative estimate of drug-likeness (QED) is 0.520. The summed E-state index contributed by atoms with van der Waals surface area (Å²) in [6.07, 6.45) is 0. The molecule has 1 heterocycles. The van der Waals surface area contributed by atoms with Gasteiger partial charge in [-0.2, -0.15) is 5.26 Å². The molecule has 23 heavy (non-hydrogen) atoms. The molecule has 3 aromatic carbocycles. The molecule has 0 N–H and O–H groups in total. The van der Waals surface area contributed by atoms with Crippen LogP contribution in [0.2, 0.25) is 0 Å². The van der Waals surface area contributed by atoms with Gasteiger partial charge in [0.2, 0.25) is 5.88 Å². The molecule has 0 aliphatic rings. The van der Waals surface area contributed by atoms with E-state index in [1.54, 1.807) is 6.07 Å². The average Bonchev–Trinajstić information content (AvgIpc) is 2.61. The van der Waals surface area contributed by atoms with Crippen molar-refractivity contribution in [3.8, 4) is 17.7 Å².